The molecule has 0 amide bonds. The topological polar surface area (TPSA) is 110 Å². The van der Waals surface area contributed by atoms with Gasteiger partial charge in [0.25, 0.3) is 6.43 Å². The van der Waals surface area contributed by atoms with Gasteiger partial charge < -0.3 is 5.11 Å². The molecule has 1 aromatic rings. The highest BCUT2D eigenvalue weighted by Crippen LogP contribution is 2.21. The van der Waals surface area contributed by atoms with Crippen LogP contribution in [0, 0.1) is 15.9 Å². The molecule has 1 aromatic carbocycles. The van der Waals surface area contributed by atoms with Gasteiger partial charge in [0.1, 0.15) is 6.10 Å². The number of nitrogens with one attached hydrogen (secondary N) is 1. The van der Waals surface area contributed by atoms with E-state index in [9.17, 15) is 31.7 Å². The summed E-state index contributed by atoms with van der Waals surface area (Å²) < 4.78 is 61.9. The Labute approximate surface area is 111 Å². The summed E-state index contributed by atoms with van der Waals surface area (Å²) in [5, 5.41) is 19.2. The number of aliphatic hydroxyl groups is 1. The number of sulfonamides is 1. The van der Waals surface area contributed by atoms with Crippen molar-refractivity contribution < 1.29 is 31.6 Å². The van der Waals surface area contributed by atoms with Gasteiger partial charge >= 0.3 is 5.69 Å². The molecule has 0 heterocycles. The van der Waals surface area contributed by atoms with Crippen LogP contribution in [0.4, 0.5) is 18.9 Å². The predicted octanol–water partition coefficient (Wildman–Crippen LogP) is 0.638. The Morgan fingerprint density at radius 3 is 2.50 bits per heavy atom. The summed E-state index contributed by atoms with van der Waals surface area (Å²) in [5.74, 6) is -1.23. The van der Waals surface area contributed by atoms with Gasteiger partial charge in [0.05, 0.1) is 9.82 Å². The molecule has 0 spiro atoms. The number of nitrogens with zero attached hydrogens (tertiary/aromatic N) is 1. The van der Waals surface area contributed by atoms with Crippen LogP contribution < -0.4 is 4.72 Å². The number of hydrogen-bond donors (Lipinski definition) is 2. The van der Waals surface area contributed by atoms with Crippen LogP contribution in [-0.4, -0.2) is 37.5 Å². The number of benzene rings is 1. The van der Waals surface area contributed by atoms with Crippen LogP contribution in [0.15, 0.2) is 23.1 Å². The first-order valence-electron chi connectivity index (χ1n) is 5.05. The fraction of sp³-hybridized carbons (Fsp3) is 0.333. The fourth-order valence-corrected chi connectivity index (χ4v) is 2.24. The molecule has 0 aromatic heterocycles. The maximum absolute atomic E-state index is 13.0. The van der Waals surface area contributed by atoms with Crippen LogP contribution >= 0.6 is 0 Å². The van der Waals surface area contributed by atoms with Crippen molar-refractivity contribution in [1.29, 1.82) is 0 Å². The van der Waals surface area contributed by atoms with E-state index < -0.39 is 50.4 Å². The van der Waals surface area contributed by atoms with Crippen molar-refractivity contribution in [1.82, 2.24) is 4.72 Å². The Morgan fingerprint density at radius 2 is 2.00 bits per heavy atom. The maximum Gasteiger partial charge on any atom is 0.306 e. The molecule has 7 nitrogen and oxygen atoms in total. The molecule has 0 aliphatic heterocycles. The summed E-state index contributed by atoms with van der Waals surface area (Å²) in [7, 11) is -4.38. The first-order valence-corrected chi connectivity index (χ1v) is 6.53. The smallest absolute Gasteiger partial charge is 0.306 e. The van der Waals surface area contributed by atoms with Crippen LogP contribution in [0.5, 0.6) is 0 Å². The Kier molecular flexibility index (Phi) is 5.03. The second-order valence-electron chi connectivity index (χ2n) is 3.62. The van der Waals surface area contributed by atoms with Crippen molar-refractivity contribution in [3.8, 4) is 0 Å². The molecular formula is C9H9F3N2O5S. The summed E-state index contributed by atoms with van der Waals surface area (Å²) in [4.78, 5) is 8.67. The monoisotopic (exact) mass is 314 g/mol. The molecule has 0 aliphatic carbocycles. The van der Waals surface area contributed by atoms with Gasteiger partial charge in [-0.25, -0.2) is 21.9 Å². The number of alkyl halides is 2. The average molecular weight is 314 g/mol. The molecule has 0 bridgehead atoms. The average Bonchev–Trinajstić information content (AvgIpc) is 2.35. The van der Waals surface area contributed by atoms with Gasteiger partial charge in [-0.05, 0) is 12.1 Å². The van der Waals surface area contributed by atoms with E-state index >= 15 is 0 Å². The van der Waals surface area contributed by atoms with Crippen LogP contribution in [0.3, 0.4) is 0 Å². The molecule has 20 heavy (non-hydrogen) atoms. The Hall–Kier alpha value is -1.72. The highest BCUT2D eigenvalue weighted by Gasteiger charge is 2.24. The Bertz CT molecular complexity index is 608. The lowest BCUT2D eigenvalue weighted by Gasteiger charge is -2.11. The van der Waals surface area contributed by atoms with E-state index in [1.807, 2.05) is 0 Å². The van der Waals surface area contributed by atoms with Crippen LogP contribution in [0.1, 0.15) is 0 Å². The van der Waals surface area contributed by atoms with Crippen LogP contribution in [0.25, 0.3) is 0 Å². The molecule has 0 aliphatic rings. The molecule has 0 fully saturated rings. The first-order chi connectivity index (χ1) is 9.15. The van der Waals surface area contributed by atoms with Crippen molar-refractivity contribution in [2.24, 2.45) is 0 Å². The molecular weight excluding hydrogens is 305 g/mol. The third-order valence-corrected chi connectivity index (χ3v) is 3.62. The molecule has 112 valence electrons. The van der Waals surface area contributed by atoms with E-state index in [0.717, 1.165) is 6.07 Å². The second kappa shape index (κ2) is 6.15. The minimum atomic E-state index is -4.38. The normalized spacial score (nSPS) is 13.4. The van der Waals surface area contributed by atoms with E-state index in [2.05, 4.69) is 0 Å². The van der Waals surface area contributed by atoms with Gasteiger partial charge in [0.2, 0.25) is 15.8 Å². The standard InChI is InChI=1S/C9H9F3N2O5S/c10-6-2-1-5(3-7(6)14(16)17)20(18,19)13-4-8(15)9(11)12/h1-3,8-9,13,15H,4H2. The van der Waals surface area contributed by atoms with E-state index in [1.165, 1.54) is 0 Å². The third kappa shape index (κ3) is 3.88. The maximum atomic E-state index is 13.0. The zero-order chi connectivity index (χ0) is 15.5. The van der Waals surface area contributed by atoms with Crippen molar-refractivity contribution in [2.45, 2.75) is 17.4 Å². The molecule has 2 N–H and O–H groups in total. The summed E-state index contributed by atoms with van der Waals surface area (Å²) in [5.41, 5.74) is -1.07. The lowest BCUT2D eigenvalue weighted by molar-refractivity contribution is -0.387. The lowest BCUT2D eigenvalue weighted by atomic mass is 10.3. The third-order valence-electron chi connectivity index (χ3n) is 2.20. The van der Waals surface area contributed by atoms with Crippen molar-refractivity contribution in [3.63, 3.8) is 0 Å². The van der Waals surface area contributed by atoms with E-state index in [0.29, 0.717) is 12.1 Å². The molecule has 11 heteroatoms. The molecule has 0 saturated heterocycles. The van der Waals surface area contributed by atoms with Gasteiger partial charge in [-0.1, -0.05) is 0 Å². The minimum Gasteiger partial charge on any atom is -0.386 e. The molecule has 0 saturated carbocycles. The SMILES string of the molecule is O=[N+]([O-])c1cc(S(=O)(=O)NCC(O)C(F)F)ccc1F. The summed E-state index contributed by atoms with van der Waals surface area (Å²) in [6, 6.07) is 1.75. The molecule has 1 unspecified atom stereocenters. The number of rotatable bonds is 6. The van der Waals surface area contributed by atoms with Gasteiger partial charge in [-0.2, -0.15) is 4.39 Å². The van der Waals surface area contributed by atoms with E-state index in [1.54, 1.807) is 4.72 Å². The Morgan fingerprint density at radius 1 is 1.40 bits per heavy atom. The number of hydrogen-bond acceptors (Lipinski definition) is 5. The largest absolute Gasteiger partial charge is 0.386 e. The minimum absolute atomic E-state index is 0.451. The summed E-state index contributed by atoms with van der Waals surface area (Å²) >= 11 is 0. The van der Waals surface area contributed by atoms with Crippen LogP contribution in [0.2, 0.25) is 0 Å². The number of aliphatic hydroxyl groups excluding tert-OH is 1. The highest BCUT2D eigenvalue weighted by atomic mass is 32.2. The predicted molar refractivity (Wildman–Crippen MR) is 60.3 cm³/mol. The summed E-state index contributed by atoms with van der Waals surface area (Å²) in [6.07, 6.45) is -5.37. The van der Waals surface area contributed by atoms with Gasteiger partial charge in [-0.3, -0.25) is 10.1 Å². The van der Waals surface area contributed by atoms with E-state index in [4.69, 9.17) is 5.11 Å². The summed E-state index contributed by atoms with van der Waals surface area (Å²) in [6.45, 7) is -0.981. The zero-order valence-electron chi connectivity index (χ0n) is 9.66. The van der Waals surface area contributed by atoms with Crippen molar-refractivity contribution >= 4 is 15.7 Å². The zero-order valence-corrected chi connectivity index (χ0v) is 10.5. The molecule has 1 rings (SSSR count). The molecule has 0 radical (unpaired) electrons. The van der Waals surface area contributed by atoms with Crippen LogP contribution in [-0.2, 0) is 10.0 Å². The van der Waals surface area contributed by atoms with Gasteiger partial charge in [0, 0.05) is 12.6 Å². The number of nitro groups is 1. The van der Waals surface area contributed by atoms with Crippen molar-refractivity contribution in [3.05, 3.63) is 34.1 Å². The fourth-order valence-electron chi connectivity index (χ4n) is 1.17. The Balaban J connectivity index is 2.99. The number of halogens is 3. The lowest BCUT2D eigenvalue weighted by Crippen LogP contribution is -2.35. The van der Waals surface area contributed by atoms with E-state index in [-0.39, 0.29) is 0 Å². The second-order valence-corrected chi connectivity index (χ2v) is 5.39. The quantitative estimate of drug-likeness (QED) is 0.591. The number of nitro benzene ring substituents is 1. The van der Waals surface area contributed by atoms with Gasteiger partial charge in [0.15, 0.2) is 0 Å². The highest BCUT2D eigenvalue weighted by molar-refractivity contribution is 7.89. The molecule has 1 atom stereocenters. The first kappa shape index (κ1) is 16.3. The van der Waals surface area contributed by atoms with Gasteiger partial charge in [-0.15, -0.1) is 0 Å². The van der Waals surface area contributed by atoms with Crippen molar-refractivity contribution in [2.75, 3.05) is 6.54 Å².